The van der Waals surface area contributed by atoms with Crippen LogP contribution in [-0.4, -0.2) is 12.1 Å². The molecule has 0 fully saturated rings. The smallest absolute Gasteiger partial charge is 0.128 e. The third-order valence-corrected chi connectivity index (χ3v) is 4.12. The minimum absolute atomic E-state index is 0.00726. The Labute approximate surface area is 121 Å². The fourth-order valence-corrected chi connectivity index (χ4v) is 2.74. The predicted molar refractivity (Wildman–Crippen MR) is 81.4 cm³/mol. The van der Waals surface area contributed by atoms with Crippen molar-refractivity contribution in [3.8, 4) is 0 Å². The third kappa shape index (κ3) is 3.93. The summed E-state index contributed by atoms with van der Waals surface area (Å²) < 4.78 is 14.2. The summed E-state index contributed by atoms with van der Waals surface area (Å²) in [4.78, 5) is 0. The molecule has 0 amide bonds. The van der Waals surface area contributed by atoms with Crippen LogP contribution in [0.4, 0.5) is 4.39 Å². The number of hydrogen-bond donors (Lipinski definition) is 1. The van der Waals surface area contributed by atoms with Crippen LogP contribution in [0.3, 0.4) is 0 Å². The molecule has 19 heavy (non-hydrogen) atoms. The van der Waals surface area contributed by atoms with Gasteiger partial charge in [0, 0.05) is 28.1 Å². The van der Waals surface area contributed by atoms with E-state index in [1.165, 1.54) is 6.07 Å². The van der Waals surface area contributed by atoms with E-state index in [-0.39, 0.29) is 16.8 Å². The van der Waals surface area contributed by atoms with Gasteiger partial charge in [-0.15, -0.1) is 0 Å². The zero-order valence-electron chi connectivity index (χ0n) is 12.6. The summed E-state index contributed by atoms with van der Waals surface area (Å²) in [6.45, 7) is 11.3. The number of halogens is 2. The zero-order chi connectivity index (χ0) is 14.7. The minimum Gasteiger partial charge on any atom is -0.311 e. The highest BCUT2D eigenvalue weighted by molar-refractivity contribution is 6.31. The molecule has 0 aromatic heterocycles. The van der Waals surface area contributed by atoms with Gasteiger partial charge in [0.05, 0.1) is 0 Å². The van der Waals surface area contributed by atoms with Crippen LogP contribution in [0.5, 0.6) is 0 Å². The van der Waals surface area contributed by atoms with Gasteiger partial charge in [0.25, 0.3) is 0 Å². The summed E-state index contributed by atoms with van der Waals surface area (Å²) in [6, 6.07) is 4.93. The van der Waals surface area contributed by atoms with E-state index in [1.807, 2.05) is 0 Å². The van der Waals surface area contributed by atoms with E-state index in [9.17, 15) is 4.39 Å². The molecule has 0 unspecified atom stereocenters. The van der Waals surface area contributed by atoms with Gasteiger partial charge in [-0.1, -0.05) is 31.5 Å². The van der Waals surface area contributed by atoms with Crippen LogP contribution >= 0.6 is 11.6 Å². The van der Waals surface area contributed by atoms with Gasteiger partial charge in [-0.05, 0) is 45.7 Å². The summed E-state index contributed by atoms with van der Waals surface area (Å²) >= 11 is 6.25. The molecule has 0 radical (unpaired) electrons. The van der Waals surface area contributed by atoms with Crippen LogP contribution < -0.4 is 5.32 Å². The Bertz CT molecular complexity index is 399. The van der Waals surface area contributed by atoms with Crippen molar-refractivity contribution in [2.75, 3.05) is 6.54 Å². The SMILES string of the molecule is CCC(CC)(CNC(C)(C)C)c1c(F)cccc1Cl. The molecule has 0 heterocycles. The molecule has 0 atom stereocenters. The summed E-state index contributed by atoms with van der Waals surface area (Å²) in [5.41, 5.74) is 0.404. The molecule has 0 aliphatic heterocycles. The lowest BCUT2D eigenvalue weighted by Gasteiger charge is -2.36. The molecule has 0 spiro atoms. The van der Waals surface area contributed by atoms with Crippen molar-refractivity contribution in [3.05, 3.63) is 34.6 Å². The van der Waals surface area contributed by atoms with E-state index >= 15 is 0 Å². The Balaban J connectivity index is 3.18. The molecule has 0 saturated carbocycles. The van der Waals surface area contributed by atoms with E-state index in [2.05, 4.69) is 39.9 Å². The molecule has 0 bridgehead atoms. The lowest BCUT2D eigenvalue weighted by molar-refractivity contribution is 0.305. The summed E-state index contributed by atoms with van der Waals surface area (Å²) in [6.07, 6.45) is 1.71. The second kappa shape index (κ2) is 6.23. The predicted octanol–water partition coefficient (Wildman–Crippen LogP) is 4.93. The Hall–Kier alpha value is -0.600. The lowest BCUT2D eigenvalue weighted by atomic mass is 9.75. The molecular weight excluding hydrogens is 261 g/mol. The van der Waals surface area contributed by atoms with Gasteiger partial charge >= 0.3 is 0 Å². The number of nitrogens with one attached hydrogen (secondary N) is 1. The summed E-state index contributed by atoms with van der Waals surface area (Å²) in [5, 5.41) is 4.02. The normalized spacial score (nSPS) is 12.8. The molecule has 0 aliphatic rings. The van der Waals surface area contributed by atoms with E-state index in [1.54, 1.807) is 12.1 Å². The average Bonchev–Trinajstić information content (AvgIpc) is 2.32. The van der Waals surface area contributed by atoms with Gasteiger partial charge in [-0.25, -0.2) is 4.39 Å². The highest BCUT2D eigenvalue weighted by Gasteiger charge is 2.34. The van der Waals surface area contributed by atoms with Crippen molar-refractivity contribution in [2.45, 2.75) is 58.4 Å². The van der Waals surface area contributed by atoms with E-state index in [0.717, 1.165) is 19.4 Å². The Morgan fingerprint density at radius 2 is 1.74 bits per heavy atom. The van der Waals surface area contributed by atoms with Gasteiger partial charge in [0.2, 0.25) is 0 Å². The van der Waals surface area contributed by atoms with Crippen LogP contribution in [-0.2, 0) is 5.41 Å². The number of benzene rings is 1. The molecule has 1 aromatic carbocycles. The maximum Gasteiger partial charge on any atom is 0.128 e. The van der Waals surface area contributed by atoms with Crippen LogP contribution in [0.15, 0.2) is 18.2 Å². The van der Waals surface area contributed by atoms with Crippen molar-refractivity contribution in [3.63, 3.8) is 0 Å². The first-order valence-corrected chi connectivity index (χ1v) is 7.33. The van der Waals surface area contributed by atoms with Crippen molar-refractivity contribution >= 4 is 11.6 Å². The van der Waals surface area contributed by atoms with Gasteiger partial charge in [0.15, 0.2) is 0 Å². The van der Waals surface area contributed by atoms with Gasteiger partial charge < -0.3 is 5.32 Å². The fraction of sp³-hybridized carbons (Fsp3) is 0.625. The van der Waals surface area contributed by atoms with Gasteiger partial charge in [-0.2, -0.15) is 0 Å². The molecule has 108 valence electrons. The largest absolute Gasteiger partial charge is 0.311 e. The Morgan fingerprint density at radius 3 is 2.16 bits per heavy atom. The summed E-state index contributed by atoms with van der Waals surface area (Å²) in [7, 11) is 0. The number of hydrogen-bond acceptors (Lipinski definition) is 1. The third-order valence-electron chi connectivity index (χ3n) is 3.80. The Morgan fingerprint density at radius 1 is 1.16 bits per heavy atom. The van der Waals surface area contributed by atoms with Crippen molar-refractivity contribution < 1.29 is 4.39 Å². The fourth-order valence-electron chi connectivity index (χ4n) is 2.38. The molecule has 1 aromatic rings. The van der Waals surface area contributed by atoms with Crippen molar-refractivity contribution in [2.24, 2.45) is 0 Å². The quantitative estimate of drug-likeness (QED) is 0.809. The standard InChI is InChI=1S/C16H25ClFN/c1-6-16(7-2,11-19-15(3,4)5)14-12(17)9-8-10-13(14)18/h8-10,19H,6-7,11H2,1-5H3. The second-order valence-electron chi connectivity index (χ2n) is 6.19. The minimum atomic E-state index is -0.254. The maximum atomic E-state index is 14.2. The molecule has 3 heteroatoms. The first kappa shape index (κ1) is 16.5. The first-order valence-electron chi connectivity index (χ1n) is 6.95. The number of rotatable bonds is 5. The van der Waals surface area contributed by atoms with Crippen LogP contribution in [0, 0.1) is 5.82 Å². The van der Waals surface area contributed by atoms with Gasteiger partial charge in [-0.3, -0.25) is 0 Å². The molecule has 1 rings (SSSR count). The van der Waals surface area contributed by atoms with E-state index < -0.39 is 0 Å². The second-order valence-corrected chi connectivity index (χ2v) is 6.59. The average molecular weight is 286 g/mol. The van der Waals surface area contributed by atoms with E-state index in [0.29, 0.717) is 10.6 Å². The molecule has 1 N–H and O–H groups in total. The van der Waals surface area contributed by atoms with Gasteiger partial charge in [0.1, 0.15) is 5.82 Å². The van der Waals surface area contributed by atoms with Crippen molar-refractivity contribution in [1.29, 1.82) is 0 Å². The molecule has 0 saturated heterocycles. The molecule has 1 nitrogen and oxygen atoms in total. The highest BCUT2D eigenvalue weighted by atomic mass is 35.5. The highest BCUT2D eigenvalue weighted by Crippen LogP contribution is 2.37. The van der Waals surface area contributed by atoms with Crippen molar-refractivity contribution in [1.82, 2.24) is 5.32 Å². The topological polar surface area (TPSA) is 12.0 Å². The lowest BCUT2D eigenvalue weighted by Crippen LogP contribution is -2.46. The summed E-state index contributed by atoms with van der Waals surface area (Å²) in [5.74, 6) is -0.202. The molecule has 0 aliphatic carbocycles. The monoisotopic (exact) mass is 285 g/mol. The van der Waals surface area contributed by atoms with Crippen LogP contribution in [0.25, 0.3) is 0 Å². The zero-order valence-corrected chi connectivity index (χ0v) is 13.4. The maximum absolute atomic E-state index is 14.2. The van der Waals surface area contributed by atoms with Crippen LogP contribution in [0.1, 0.15) is 53.0 Å². The Kier molecular flexibility index (Phi) is 5.40. The van der Waals surface area contributed by atoms with E-state index in [4.69, 9.17) is 11.6 Å². The van der Waals surface area contributed by atoms with Crippen LogP contribution in [0.2, 0.25) is 5.02 Å². The first-order chi connectivity index (χ1) is 8.75. The molecular formula is C16H25ClFN.